The zero-order valence-electron chi connectivity index (χ0n) is 17.2. The Labute approximate surface area is 166 Å². The number of amides is 2. The highest BCUT2D eigenvalue weighted by Gasteiger charge is 2.36. The molecule has 1 fully saturated rings. The predicted octanol–water partition coefficient (Wildman–Crippen LogP) is 2.97. The number of benzene rings is 1. The Hall–Kier alpha value is -2.54. The van der Waals surface area contributed by atoms with E-state index in [9.17, 15) is 4.79 Å². The lowest BCUT2D eigenvalue weighted by Crippen LogP contribution is -2.53. The minimum atomic E-state index is -0.544. The number of nitrogens with one attached hydrogen (secondary N) is 1. The van der Waals surface area contributed by atoms with E-state index in [2.05, 4.69) is 17.3 Å². The monoisotopic (exact) mass is 386 g/mol. The maximum Gasteiger partial charge on any atom is 0.317 e. The third kappa shape index (κ3) is 4.65. The molecule has 0 saturated carbocycles. The largest absolute Gasteiger partial charge is 0.494 e. The standard InChI is InChI=1S/C21H30N4O3/c1-5-9-27-19-7-6-17(16(2)11-19)12-22-20(26)25-8-10-28-21(3,15-25)18-13-23-24(4)14-18/h6-7,11,13-14H,5,8-10,12,15H2,1-4H3,(H,22,26). The van der Waals surface area contributed by atoms with Gasteiger partial charge in [0.1, 0.15) is 11.4 Å². The van der Waals surface area contributed by atoms with E-state index >= 15 is 0 Å². The third-order valence-electron chi connectivity index (χ3n) is 5.09. The van der Waals surface area contributed by atoms with E-state index < -0.39 is 5.60 Å². The van der Waals surface area contributed by atoms with Gasteiger partial charge in [0.15, 0.2) is 0 Å². The molecule has 7 nitrogen and oxygen atoms in total. The van der Waals surface area contributed by atoms with Crippen molar-refractivity contribution in [3.05, 3.63) is 47.3 Å². The molecule has 1 saturated heterocycles. The fourth-order valence-corrected chi connectivity index (χ4v) is 3.37. The van der Waals surface area contributed by atoms with Gasteiger partial charge in [-0.2, -0.15) is 5.10 Å². The molecule has 1 aromatic carbocycles. The second-order valence-electron chi connectivity index (χ2n) is 7.50. The third-order valence-corrected chi connectivity index (χ3v) is 5.09. The van der Waals surface area contributed by atoms with Crippen LogP contribution in [0.15, 0.2) is 30.6 Å². The van der Waals surface area contributed by atoms with Crippen LogP contribution in [0.2, 0.25) is 0 Å². The van der Waals surface area contributed by atoms with E-state index in [0.717, 1.165) is 28.9 Å². The summed E-state index contributed by atoms with van der Waals surface area (Å²) in [6, 6.07) is 5.91. The van der Waals surface area contributed by atoms with Crippen molar-refractivity contribution in [2.75, 3.05) is 26.3 Å². The Morgan fingerprint density at radius 1 is 1.43 bits per heavy atom. The molecule has 2 heterocycles. The second kappa shape index (κ2) is 8.65. The first-order chi connectivity index (χ1) is 13.4. The molecule has 1 atom stereocenters. The number of carbonyl (C=O) groups excluding carboxylic acids is 1. The first-order valence-corrected chi connectivity index (χ1v) is 9.79. The van der Waals surface area contributed by atoms with Gasteiger partial charge in [0.05, 0.1) is 26.0 Å². The molecule has 1 unspecified atom stereocenters. The van der Waals surface area contributed by atoms with E-state index in [-0.39, 0.29) is 6.03 Å². The van der Waals surface area contributed by atoms with Crippen molar-refractivity contribution in [3.63, 3.8) is 0 Å². The van der Waals surface area contributed by atoms with Crippen LogP contribution in [0.25, 0.3) is 0 Å². The van der Waals surface area contributed by atoms with Crippen LogP contribution in [0.1, 0.15) is 37.0 Å². The molecule has 152 valence electrons. The number of aryl methyl sites for hydroxylation is 2. The van der Waals surface area contributed by atoms with E-state index in [4.69, 9.17) is 9.47 Å². The van der Waals surface area contributed by atoms with Crippen molar-refractivity contribution in [3.8, 4) is 5.75 Å². The Bertz CT molecular complexity index is 820. The van der Waals surface area contributed by atoms with Crippen LogP contribution >= 0.6 is 0 Å². The lowest BCUT2D eigenvalue weighted by molar-refractivity contribution is -0.0907. The molecule has 7 heteroatoms. The van der Waals surface area contributed by atoms with Gasteiger partial charge in [0, 0.05) is 31.9 Å². The van der Waals surface area contributed by atoms with Crippen LogP contribution in [-0.4, -0.2) is 47.0 Å². The molecule has 3 rings (SSSR count). The molecule has 0 bridgehead atoms. The Morgan fingerprint density at radius 3 is 2.93 bits per heavy atom. The predicted molar refractivity (Wildman–Crippen MR) is 107 cm³/mol. The number of hydrogen-bond acceptors (Lipinski definition) is 4. The van der Waals surface area contributed by atoms with Crippen molar-refractivity contribution < 1.29 is 14.3 Å². The van der Waals surface area contributed by atoms with E-state index in [0.29, 0.717) is 32.8 Å². The SMILES string of the molecule is CCCOc1ccc(CNC(=O)N2CCOC(C)(c3cnn(C)c3)C2)c(C)c1. The summed E-state index contributed by atoms with van der Waals surface area (Å²) >= 11 is 0. The summed E-state index contributed by atoms with van der Waals surface area (Å²) in [6.07, 6.45) is 4.72. The number of aromatic nitrogens is 2. The van der Waals surface area contributed by atoms with Gasteiger partial charge in [-0.3, -0.25) is 4.68 Å². The number of hydrogen-bond donors (Lipinski definition) is 1. The molecule has 2 amide bonds. The maximum absolute atomic E-state index is 12.7. The maximum atomic E-state index is 12.7. The minimum Gasteiger partial charge on any atom is -0.494 e. The number of ether oxygens (including phenoxy) is 2. The fourth-order valence-electron chi connectivity index (χ4n) is 3.37. The molecule has 2 aromatic rings. The van der Waals surface area contributed by atoms with Crippen LogP contribution < -0.4 is 10.1 Å². The second-order valence-corrected chi connectivity index (χ2v) is 7.50. The van der Waals surface area contributed by atoms with E-state index in [1.54, 1.807) is 10.9 Å². The van der Waals surface area contributed by atoms with Crippen LogP contribution in [0.3, 0.4) is 0 Å². The topological polar surface area (TPSA) is 68.6 Å². The lowest BCUT2D eigenvalue weighted by atomic mass is 9.97. The molecule has 1 aliphatic rings. The summed E-state index contributed by atoms with van der Waals surface area (Å²) in [4.78, 5) is 14.5. The first kappa shape index (κ1) is 20.2. The van der Waals surface area contributed by atoms with Crippen molar-refractivity contribution in [1.29, 1.82) is 0 Å². The van der Waals surface area contributed by atoms with E-state index in [1.807, 2.05) is 50.2 Å². The average molecular weight is 386 g/mol. The van der Waals surface area contributed by atoms with Gasteiger partial charge < -0.3 is 19.7 Å². The van der Waals surface area contributed by atoms with Crippen molar-refractivity contribution in [2.24, 2.45) is 7.05 Å². The summed E-state index contributed by atoms with van der Waals surface area (Å²) in [7, 11) is 1.88. The Kier molecular flexibility index (Phi) is 6.24. The number of rotatable bonds is 6. The highest BCUT2D eigenvalue weighted by Crippen LogP contribution is 2.29. The molecular formula is C21H30N4O3. The highest BCUT2D eigenvalue weighted by atomic mass is 16.5. The summed E-state index contributed by atoms with van der Waals surface area (Å²) < 4.78 is 13.4. The van der Waals surface area contributed by atoms with Gasteiger partial charge in [0.2, 0.25) is 0 Å². The summed E-state index contributed by atoms with van der Waals surface area (Å²) in [5.74, 6) is 0.870. The molecule has 0 aliphatic carbocycles. The van der Waals surface area contributed by atoms with Gasteiger partial charge >= 0.3 is 6.03 Å². The zero-order chi connectivity index (χ0) is 20.1. The van der Waals surface area contributed by atoms with Gasteiger partial charge in [0.25, 0.3) is 0 Å². The molecule has 1 N–H and O–H groups in total. The molecule has 0 radical (unpaired) electrons. The highest BCUT2D eigenvalue weighted by molar-refractivity contribution is 5.74. The Morgan fingerprint density at radius 2 is 2.25 bits per heavy atom. The molecule has 1 aliphatic heterocycles. The zero-order valence-corrected chi connectivity index (χ0v) is 17.2. The van der Waals surface area contributed by atoms with Crippen LogP contribution in [0.4, 0.5) is 4.79 Å². The summed E-state index contributed by atoms with van der Waals surface area (Å²) in [5.41, 5.74) is 2.63. The Balaban J connectivity index is 1.59. The summed E-state index contributed by atoms with van der Waals surface area (Å²) in [6.45, 7) is 8.89. The lowest BCUT2D eigenvalue weighted by Gasteiger charge is -2.40. The molecular weight excluding hydrogens is 356 g/mol. The van der Waals surface area contributed by atoms with Crippen molar-refractivity contribution in [1.82, 2.24) is 20.0 Å². The van der Waals surface area contributed by atoms with Gasteiger partial charge in [-0.05, 0) is 43.5 Å². The average Bonchev–Trinajstić information content (AvgIpc) is 3.12. The van der Waals surface area contributed by atoms with Crippen LogP contribution in [0, 0.1) is 6.92 Å². The van der Waals surface area contributed by atoms with Gasteiger partial charge in [-0.1, -0.05) is 13.0 Å². The fraction of sp³-hybridized carbons (Fsp3) is 0.524. The first-order valence-electron chi connectivity index (χ1n) is 9.79. The molecule has 0 spiro atoms. The molecule has 1 aromatic heterocycles. The quantitative estimate of drug-likeness (QED) is 0.829. The number of nitrogens with zero attached hydrogens (tertiary/aromatic N) is 3. The number of morpholine rings is 1. The van der Waals surface area contributed by atoms with Crippen LogP contribution in [-0.2, 0) is 23.9 Å². The van der Waals surface area contributed by atoms with E-state index in [1.165, 1.54) is 0 Å². The number of carbonyl (C=O) groups is 1. The van der Waals surface area contributed by atoms with Crippen LogP contribution in [0.5, 0.6) is 5.75 Å². The summed E-state index contributed by atoms with van der Waals surface area (Å²) in [5, 5.41) is 7.26. The van der Waals surface area contributed by atoms with Crippen molar-refractivity contribution in [2.45, 2.75) is 39.3 Å². The molecule has 28 heavy (non-hydrogen) atoms. The normalized spacial score (nSPS) is 19.5. The van der Waals surface area contributed by atoms with Gasteiger partial charge in [-0.25, -0.2) is 4.79 Å². The van der Waals surface area contributed by atoms with Gasteiger partial charge in [-0.15, -0.1) is 0 Å². The van der Waals surface area contributed by atoms with Crippen molar-refractivity contribution >= 4 is 6.03 Å². The smallest absolute Gasteiger partial charge is 0.317 e. The number of urea groups is 1. The minimum absolute atomic E-state index is 0.0795.